The molecule has 0 aliphatic carbocycles. The topological polar surface area (TPSA) is 44.0 Å². The molecule has 0 spiro atoms. The van der Waals surface area contributed by atoms with Crippen LogP contribution < -0.4 is 5.32 Å². The van der Waals surface area contributed by atoms with Gasteiger partial charge in [0, 0.05) is 18.1 Å². The summed E-state index contributed by atoms with van der Waals surface area (Å²) in [4.78, 5) is 10.8. The maximum absolute atomic E-state index is 4.72. The first-order valence-electron chi connectivity index (χ1n) is 8.13. The monoisotopic (exact) mass is 284 g/mol. The van der Waals surface area contributed by atoms with E-state index < -0.39 is 0 Å². The van der Waals surface area contributed by atoms with Crippen molar-refractivity contribution in [1.82, 2.24) is 20.2 Å². The van der Waals surface area contributed by atoms with Crippen molar-refractivity contribution in [1.29, 1.82) is 0 Å². The summed E-state index contributed by atoms with van der Waals surface area (Å²) in [5, 5.41) is 3.80. The summed E-state index contributed by atoms with van der Waals surface area (Å²) in [5.41, 5.74) is 2.19. The molecule has 4 heteroatoms. The number of fused-ring (bicyclic) bond motifs is 3. The molecule has 2 bridgehead atoms. The lowest BCUT2D eigenvalue weighted by atomic mass is 9.97. The third kappa shape index (κ3) is 2.36. The fraction of sp³-hybridized carbons (Fsp3) is 0.588. The van der Waals surface area contributed by atoms with Crippen LogP contribution in [0.15, 0.2) is 24.3 Å². The highest BCUT2D eigenvalue weighted by Crippen LogP contribution is 2.34. The fourth-order valence-corrected chi connectivity index (χ4v) is 4.16. The molecule has 2 fully saturated rings. The van der Waals surface area contributed by atoms with Crippen LogP contribution in [0.2, 0.25) is 0 Å². The summed E-state index contributed by atoms with van der Waals surface area (Å²) in [5.74, 6) is 1.06. The molecule has 0 radical (unpaired) electrons. The summed E-state index contributed by atoms with van der Waals surface area (Å²) in [6.07, 6.45) is 5.30. The van der Waals surface area contributed by atoms with E-state index >= 15 is 0 Å². The van der Waals surface area contributed by atoms with E-state index in [1.807, 2.05) is 6.07 Å². The van der Waals surface area contributed by atoms with Gasteiger partial charge in [0.1, 0.15) is 5.82 Å². The molecule has 21 heavy (non-hydrogen) atoms. The van der Waals surface area contributed by atoms with Crippen LogP contribution >= 0.6 is 0 Å². The van der Waals surface area contributed by atoms with Gasteiger partial charge in [0.15, 0.2) is 0 Å². The number of imidazole rings is 1. The van der Waals surface area contributed by atoms with Crippen molar-refractivity contribution in [2.45, 2.75) is 56.8 Å². The molecule has 4 rings (SSSR count). The Kier molecular flexibility index (Phi) is 3.23. The molecule has 3 atom stereocenters. The van der Waals surface area contributed by atoms with Gasteiger partial charge in [-0.1, -0.05) is 12.1 Å². The predicted molar refractivity (Wildman–Crippen MR) is 85.2 cm³/mol. The number of aromatic nitrogens is 2. The molecule has 3 heterocycles. The third-order valence-electron chi connectivity index (χ3n) is 5.40. The Morgan fingerprint density at radius 2 is 1.95 bits per heavy atom. The van der Waals surface area contributed by atoms with Crippen molar-refractivity contribution >= 4 is 11.0 Å². The molecule has 2 aliphatic heterocycles. The Balaban J connectivity index is 1.47. The summed E-state index contributed by atoms with van der Waals surface area (Å²) < 4.78 is 0. The number of piperidine rings is 1. The van der Waals surface area contributed by atoms with Crippen molar-refractivity contribution in [2.75, 3.05) is 7.05 Å². The second-order valence-electron chi connectivity index (χ2n) is 6.75. The van der Waals surface area contributed by atoms with Gasteiger partial charge in [0.25, 0.3) is 0 Å². The Morgan fingerprint density at radius 3 is 2.67 bits per heavy atom. The lowest BCUT2D eigenvalue weighted by Crippen LogP contribution is -2.47. The van der Waals surface area contributed by atoms with E-state index in [2.05, 4.69) is 47.4 Å². The minimum atomic E-state index is 0.283. The normalized spacial score (nSPS) is 30.9. The quantitative estimate of drug-likeness (QED) is 0.911. The first-order valence-corrected chi connectivity index (χ1v) is 8.13. The van der Waals surface area contributed by atoms with E-state index in [4.69, 9.17) is 4.98 Å². The number of hydrogen-bond acceptors (Lipinski definition) is 3. The average molecular weight is 284 g/mol. The number of nitrogens with zero attached hydrogens (tertiary/aromatic N) is 2. The van der Waals surface area contributed by atoms with E-state index in [1.54, 1.807) is 0 Å². The molecule has 2 aliphatic rings. The van der Waals surface area contributed by atoms with Crippen LogP contribution in [-0.4, -0.2) is 40.0 Å². The van der Waals surface area contributed by atoms with Gasteiger partial charge in [0.2, 0.25) is 0 Å². The zero-order chi connectivity index (χ0) is 14.4. The standard InChI is InChI=1S/C17H24N4/c1-11(17-19-15-5-3-4-6-16(15)20-17)18-12-9-13-7-8-14(10-12)21(13)2/h3-6,11-14,18H,7-10H2,1-2H3,(H,19,20). The molecule has 2 N–H and O–H groups in total. The lowest BCUT2D eigenvalue weighted by Gasteiger charge is -2.37. The van der Waals surface area contributed by atoms with Crippen molar-refractivity contribution in [2.24, 2.45) is 0 Å². The van der Waals surface area contributed by atoms with Crippen molar-refractivity contribution in [3.8, 4) is 0 Å². The lowest BCUT2D eigenvalue weighted by molar-refractivity contribution is 0.143. The first-order chi connectivity index (χ1) is 10.2. The highest BCUT2D eigenvalue weighted by Gasteiger charge is 2.38. The van der Waals surface area contributed by atoms with E-state index in [0.29, 0.717) is 6.04 Å². The third-order valence-corrected chi connectivity index (χ3v) is 5.40. The van der Waals surface area contributed by atoms with Gasteiger partial charge >= 0.3 is 0 Å². The van der Waals surface area contributed by atoms with E-state index in [0.717, 1.165) is 28.9 Å². The van der Waals surface area contributed by atoms with Gasteiger partial charge in [-0.3, -0.25) is 0 Å². The smallest absolute Gasteiger partial charge is 0.124 e. The molecule has 2 aromatic rings. The number of para-hydroxylation sites is 2. The van der Waals surface area contributed by atoms with Crippen LogP contribution in [-0.2, 0) is 0 Å². The summed E-state index contributed by atoms with van der Waals surface area (Å²) in [6, 6.07) is 10.7. The summed E-state index contributed by atoms with van der Waals surface area (Å²) in [6.45, 7) is 2.22. The van der Waals surface area contributed by atoms with Gasteiger partial charge < -0.3 is 15.2 Å². The van der Waals surface area contributed by atoms with Gasteiger partial charge in [-0.15, -0.1) is 0 Å². The van der Waals surface area contributed by atoms with Crippen molar-refractivity contribution < 1.29 is 0 Å². The summed E-state index contributed by atoms with van der Waals surface area (Å²) >= 11 is 0. The Bertz CT molecular complexity index is 588. The molecule has 2 saturated heterocycles. The number of aromatic amines is 1. The largest absolute Gasteiger partial charge is 0.341 e. The molecular weight excluding hydrogens is 260 g/mol. The summed E-state index contributed by atoms with van der Waals surface area (Å²) in [7, 11) is 2.29. The minimum absolute atomic E-state index is 0.283. The molecule has 0 amide bonds. The average Bonchev–Trinajstić information content (AvgIpc) is 2.98. The first kappa shape index (κ1) is 13.3. The Labute approximate surface area is 125 Å². The molecule has 0 saturated carbocycles. The second-order valence-corrected chi connectivity index (χ2v) is 6.75. The highest BCUT2D eigenvalue weighted by atomic mass is 15.2. The number of H-pyrrole nitrogens is 1. The fourth-order valence-electron chi connectivity index (χ4n) is 4.16. The number of rotatable bonds is 3. The molecule has 4 nitrogen and oxygen atoms in total. The van der Waals surface area contributed by atoms with Crippen LogP contribution in [0.4, 0.5) is 0 Å². The maximum Gasteiger partial charge on any atom is 0.124 e. The van der Waals surface area contributed by atoms with Gasteiger partial charge in [-0.25, -0.2) is 4.98 Å². The SMILES string of the molecule is CC(NC1CC2CCC(C1)N2C)c1nc2ccccc2[nH]1. The molecular formula is C17H24N4. The number of benzene rings is 1. The number of nitrogens with one attached hydrogen (secondary N) is 2. The van der Waals surface area contributed by atoms with Crippen LogP contribution in [0.1, 0.15) is 44.5 Å². The van der Waals surface area contributed by atoms with E-state index in [-0.39, 0.29) is 6.04 Å². The van der Waals surface area contributed by atoms with Crippen LogP contribution in [0.3, 0.4) is 0 Å². The van der Waals surface area contributed by atoms with Gasteiger partial charge in [-0.2, -0.15) is 0 Å². The van der Waals surface area contributed by atoms with Crippen LogP contribution in [0.5, 0.6) is 0 Å². The minimum Gasteiger partial charge on any atom is -0.341 e. The molecule has 3 unspecified atom stereocenters. The molecule has 1 aromatic heterocycles. The maximum atomic E-state index is 4.72. The van der Waals surface area contributed by atoms with Crippen LogP contribution in [0.25, 0.3) is 11.0 Å². The zero-order valence-corrected chi connectivity index (χ0v) is 12.8. The number of hydrogen-bond donors (Lipinski definition) is 2. The molecule has 1 aromatic carbocycles. The van der Waals surface area contributed by atoms with E-state index in [1.165, 1.54) is 25.7 Å². The van der Waals surface area contributed by atoms with Gasteiger partial charge in [-0.05, 0) is 51.8 Å². The predicted octanol–water partition coefficient (Wildman–Crippen LogP) is 2.84. The highest BCUT2D eigenvalue weighted by molar-refractivity contribution is 5.74. The Hall–Kier alpha value is -1.39. The van der Waals surface area contributed by atoms with Crippen molar-refractivity contribution in [3.63, 3.8) is 0 Å². The Morgan fingerprint density at radius 1 is 1.24 bits per heavy atom. The second kappa shape index (κ2) is 5.11. The van der Waals surface area contributed by atoms with Crippen LogP contribution in [0, 0.1) is 0 Å². The zero-order valence-electron chi connectivity index (χ0n) is 12.8. The van der Waals surface area contributed by atoms with Crippen molar-refractivity contribution in [3.05, 3.63) is 30.1 Å². The molecule has 112 valence electrons. The van der Waals surface area contributed by atoms with E-state index in [9.17, 15) is 0 Å². The van der Waals surface area contributed by atoms with Gasteiger partial charge in [0.05, 0.1) is 17.1 Å².